The molecule has 0 bridgehead atoms. The number of hydrogen-bond donors (Lipinski definition) is 2. The molecule has 0 aliphatic heterocycles. The summed E-state index contributed by atoms with van der Waals surface area (Å²) < 4.78 is 42.6. The normalized spacial score (nSPS) is 14.3. The molecule has 0 aromatic heterocycles. The predicted molar refractivity (Wildman–Crippen MR) is 71.8 cm³/mol. The van der Waals surface area contributed by atoms with Crippen LogP contribution in [0.1, 0.15) is 24.5 Å². The van der Waals surface area contributed by atoms with E-state index in [0.29, 0.717) is 13.0 Å². The lowest BCUT2D eigenvalue weighted by molar-refractivity contribution is -0.137. The van der Waals surface area contributed by atoms with Crippen LogP contribution in [0, 0.1) is 11.3 Å². The highest BCUT2D eigenvalue weighted by atomic mass is 19.4. The van der Waals surface area contributed by atoms with E-state index in [-0.39, 0.29) is 17.8 Å². The Bertz CT molecular complexity index is 522. The zero-order valence-electron chi connectivity index (χ0n) is 11.8. The van der Waals surface area contributed by atoms with Gasteiger partial charge in [-0.25, -0.2) is 0 Å². The van der Waals surface area contributed by atoms with Crippen LogP contribution in [0.4, 0.5) is 18.9 Å². The second kappa shape index (κ2) is 6.78. The van der Waals surface area contributed by atoms with Gasteiger partial charge < -0.3 is 15.2 Å². The van der Waals surface area contributed by atoms with Crippen LogP contribution in [0.3, 0.4) is 0 Å². The van der Waals surface area contributed by atoms with Gasteiger partial charge in [0.15, 0.2) is 0 Å². The number of methoxy groups -OCH3 is 1. The summed E-state index contributed by atoms with van der Waals surface area (Å²) in [5, 5.41) is 21.8. The van der Waals surface area contributed by atoms with Crippen LogP contribution in [0.2, 0.25) is 0 Å². The van der Waals surface area contributed by atoms with Crippen molar-refractivity contribution >= 4 is 5.69 Å². The topological polar surface area (TPSA) is 65.3 Å². The standard InChI is InChI=1S/C14H17F3N2O2/c1-13(20,5-6-21-2)9-19-12-4-3-11(14(15,16)17)7-10(12)8-18/h3-4,7,19-20H,5-6,9H2,1-2H3. The Hall–Kier alpha value is -1.78. The highest BCUT2D eigenvalue weighted by Crippen LogP contribution is 2.31. The van der Waals surface area contributed by atoms with Gasteiger partial charge in [-0.3, -0.25) is 0 Å². The molecule has 0 aliphatic rings. The molecule has 4 nitrogen and oxygen atoms in total. The summed E-state index contributed by atoms with van der Waals surface area (Å²) >= 11 is 0. The SMILES string of the molecule is COCCC(C)(O)CNc1ccc(C(F)(F)F)cc1C#N. The van der Waals surface area contributed by atoms with Gasteiger partial charge in [0.2, 0.25) is 0 Å². The van der Waals surface area contributed by atoms with Crippen molar-refractivity contribution in [3.05, 3.63) is 29.3 Å². The van der Waals surface area contributed by atoms with Crippen molar-refractivity contribution in [2.45, 2.75) is 25.1 Å². The minimum Gasteiger partial charge on any atom is -0.388 e. The molecule has 1 rings (SSSR count). The fourth-order valence-corrected chi connectivity index (χ4v) is 1.66. The van der Waals surface area contributed by atoms with E-state index < -0.39 is 17.3 Å². The number of nitrogens with one attached hydrogen (secondary N) is 1. The van der Waals surface area contributed by atoms with Gasteiger partial charge in [-0.1, -0.05) is 0 Å². The van der Waals surface area contributed by atoms with Gasteiger partial charge in [0.1, 0.15) is 6.07 Å². The van der Waals surface area contributed by atoms with Crippen LogP contribution in [0.15, 0.2) is 18.2 Å². The summed E-state index contributed by atoms with van der Waals surface area (Å²) in [7, 11) is 1.51. The maximum absolute atomic E-state index is 12.6. The first-order chi connectivity index (χ1) is 9.69. The fourth-order valence-electron chi connectivity index (χ4n) is 1.66. The van der Waals surface area contributed by atoms with Gasteiger partial charge in [-0.2, -0.15) is 18.4 Å². The molecule has 7 heteroatoms. The maximum atomic E-state index is 12.6. The van der Waals surface area contributed by atoms with E-state index in [1.807, 2.05) is 0 Å². The number of nitrogens with zero attached hydrogens (tertiary/aromatic N) is 1. The Kier molecular flexibility index (Phi) is 5.58. The lowest BCUT2D eigenvalue weighted by atomic mass is 10.0. The van der Waals surface area contributed by atoms with Crippen molar-refractivity contribution in [1.82, 2.24) is 0 Å². The third kappa shape index (κ3) is 5.25. The monoisotopic (exact) mass is 302 g/mol. The van der Waals surface area contributed by atoms with Crippen LogP contribution in [0.5, 0.6) is 0 Å². The molecule has 21 heavy (non-hydrogen) atoms. The van der Waals surface area contributed by atoms with Crippen molar-refractivity contribution in [2.24, 2.45) is 0 Å². The summed E-state index contributed by atoms with van der Waals surface area (Å²) in [6.45, 7) is 2.03. The van der Waals surface area contributed by atoms with Gasteiger partial charge in [0.25, 0.3) is 0 Å². The van der Waals surface area contributed by atoms with Crippen molar-refractivity contribution in [3.8, 4) is 6.07 Å². The average Bonchev–Trinajstić information content (AvgIpc) is 2.42. The van der Waals surface area contributed by atoms with Crippen molar-refractivity contribution in [2.75, 3.05) is 25.6 Å². The van der Waals surface area contributed by atoms with Crippen LogP contribution >= 0.6 is 0 Å². The molecular weight excluding hydrogens is 285 g/mol. The third-order valence-electron chi connectivity index (χ3n) is 2.97. The summed E-state index contributed by atoms with van der Waals surface area (Å²) in [5.41, 5.74) is -1.84. The van der Waals surface area contributed by atoms with E-state index in [0.717, 1.165) is 12.1 Å². The Morgan fingerprint density at radius 1 is 1.38 bits per heavy atom. The van der Waals surface area contributed by atoms with Gasteiger partial charge >= 0.3 is 6.18 Å². The Balaban J connectivity index is 2.83. The van der Waals surface area contributed by atoms with Gasteiger partial charge in [-0.05, 0) is 25.1 Å². The van der Waals surface area contributed by atoms with Crippen molar-refractivity contribution in [3.63, 3.8) is 0 Å². The summed E-state index contributed by atoms with van der Waals surface area (Å²) in [4.78, 5) is 0. The first kappa shape index (κ1) is 17.3. The Morgan fingerprint density at radius 2 is 2.05 bits per heavy atom. The lowest BCUT2D eigenvalue weighted by Gasteiger charge is -2.24. The zero-order chi connectivity index (χ0) is 16.1. The summed E-state index contributed by atoms with van der Waals surface area (Å²) in [6.07, 6.45) is -4.13. The van der Waals surface area contributed by atoms with Gasteiger partial charge in [-0.15, -0.1) is 0 Å². The molecule has 1 aromatic carbocycles. The first-order valence-corrected chi connectivity index (χ1v) is 6.26. The number of benzene rings is 1. The zero-order valence-corrected chi connectivity index (χ0v) is 11.8. The number of hydrogen-bond acceptors (Lipinski definition) is 4. The van der Waals surface area contributed by atoms with Gasteiger partial charge in [0, 0.05) is 26.7 Å². The van der Waals surface area contributed by atoms with E-state index in [4.69, 9.17) is 10.00 Å². The number of aliphatic hydroxyl groups is 1. The Morgan fingerprint density at radius 3 is 2.57 bits per heavy atom. The highest BCUT2D eigenvalue weighted by Gasteiger charge is 2.31. The number of halogens is 3. The van der Waals surface area contributed by atoms with E-state index >= 15 is 0 Å². The molecule has 0 saturated carbocycles. The van der Waals surface area contributed by atoms with E-state index in [1.165, 1.54) is 13.2 Å². The number of anilines is 1. The lowest BCUT2D eigenvalue weighted by Crippen LogP contribution is -2.34. The van der Waals surface area contributed by atoms with E-state index in [9.17, 15) is 18.3 Å². The molecule has 1 aromatic rings. The minimum absolute atomic E-state index is 0.0937. The van der Waals surface area contributed by atoms with Crippen LogP contribution in [0.25, 0.3) is 0 Å². The molecule has 0 radical (unpaired) electrons. The molecule has 0 saturated heterocycles. The van der Waals surface area contributed by atoms with Crippen molar-refractivity contribution in [1.29, 1.82) is 5.26 Å². The molecule has 2 N–H and O–H groups in total. The largest absolute Gasteiger partial charge is 0.416 e. The van der Waals surface area contributed by atoms with Crippen LogP contribution in [-0.2, 0) is 10.9 Å². The molecular formula is C14H17F3N2O2. The number of alkyl halides is 3. The molecule has 116 valence electrons. The fraction of sp³-hybridized carbons (Fsp3) is 0.500. The molecule has 0 amide bonds. The first-order valence-electron chi connectivity index (χ1n) is 6.26. The predicted octanol–water partition coefficient (Wildman–Crippen LogP) is 2.78. The third-order valence-corrected chi connectivity index (χ3v) is 2.97. The second-order valence-electron chi connectivity index (χ2n) is 4.96. The number of ether oxygens (including phenoxy) is 1. The average molecular weight is 302 g/mol. The van der Waals surface area contributed by atoms with E-state index in [2.05, 4.69) is 5.32 Å². The van der Waals surface area contributed by atoms with Crippen LogP contribution in [-0.4, -0.2) is 31.0 Å². The molecule has 0 spiro atoms. The smallest absolute Gasteiger partial charge is 0.388 e. The summed E-state index contributed by atoms with van der Waals surface area (Å²) in [6, 6.07) is 4.59. The molecule has 1 atom stereocenters. The van der Waals surface area contributed by atoms with E-state index in [1.54, 1.807) is 13.0 Å². The van der Waals surface area contributed by atoms with Crippen molar-refractivity contribution < 1.29 is 23.0 Å². The highest BCUT2D eigenvalue weighted by molar-refractivity contribution is 5.59. The minimum atomic E-state index is -4.49. The number of nitriles is 1. The van der Waals surface area contributed by atoms with Crippen LogP contribution < -0.4 is 5.32 Å². The van der Waals surface area contributed by atoms with Gasteiger partial charge in [0.05, 0.1) is 22.4 Å². The summed E-state index contributed by atoms with van der Waals surface area (Å²) in [5.74, 6) is 0. The number of rotatable bonds is 6. The Labute approximate surface area is 121 Å². The molecule has 0 fully saturated rings. The second-order valence-corrected chi connectivity index (χ2v) is 4.96. The maximum Gasteiger partial charge on any atom is 0.416 e. The molecule has 0 heterocycles. The molecule has 0 aliphatic carbocycles. The quantitative estimate of drug-likeness (QED) is 0.848. The molecule has 1 unspecified atom stereocenters.